The molecule has 6 rings (SSSR count). The fourth-order valence-corrected chi connectivity index (χ4v) is 5.22. The van der Waals surface area contributed by atoms with Gasteiger partial charge in [-0.3, -0.25) is 0 Å². The van der Waals surface area contributed by atoms with E-state index in [1.807, 2.05) is 12.4 Å². The van der Waals surface area contributed by atoms with Gasteiger partial charge in [-0.1, -0.05) is 121 Å². The standard InChI is InChI=1S/C35H29N3/c1-5-13-30(14-6-1)26-37-23-21-29(22-24-37)25-34-27-38(28-36-34)35(31-15-7-2-8-16-31,32-17-9-3-10-18-32)33-19-11-4-12-20-33/h1-25,27-28H,26H2. The molecule has 0 spiro atoms. The molecule has 38 heavy (non-hydrogen) atoms. The third-order valence-electron chi connectivity index (χ3n) is 7.00. The molecule has 0 radical (unpaired) electrons. The van der Waals surface area contributed by atoms with Crippen molar-refractivity contribution in [3.05, 3.63) is 192 Å². The number of nitrogens with zero attached hydrogens (tertiary/aromatic N) is 3. The van der Waals surface area contributed by atoms with Gasteiger partial charge >= 0.3 is 0 Å². The van der Waals surface area contributed by atoms with E-state index in [0.717, 1.165) is 17.8 Å². The highest BCUT2D eigenvalue weighted by Gasteiger charge is 2.38. The first-order valence-corrected chi connectivity index (χ1v) is 12.9. The molecule has 0 atom stereocenters. The SMILES string of the molecule is C1=CN(Cc2ccccc2)C=CC1=Cc1cn(C(c2ccccc2)(c2ccccc2)c2ccccc2)cn1. The van der Waals surface area contributed by atoms with Gasteiger partial charge in [0.05, 0.1) is 12.0 Å². The van der Waals surface area contributed by atoms with Crippen LogP contribution < -0.4 is 0 Å². The van der Waals surface area contributed by atoms with Gasteiger partial charge in [-0.05, 0) is 46.1 Å². The van der Waals surface area contributed by atoms with E-state index in [-0.39, 0.29) is 0 Å². The van der Waals surface area contributed by atoms with Gasteiger partial charge in [-0.15, -0.1) is 0 Å². The Labute approximate surface area is 224 Å². The van der Waals surface area contributed by atoms with Crippen molar-refractivity contribution >= 4 is 6.08 Å². The molecule has 184 valence electrons. The van der Waals surface area contributed by atoms with Crippen molar-refractivity contribution < 1.29 is 0 Å². The summed E-state index contributed by atoms with van der Waals surface area (Å²) in [5.74, 6) is 0. The van der Waals surface area contributed by atoms with Crippen LogP contribution in [-0.4, -0.2) is 14.5 Å². The largest absolute Gasteiger partial charge is 0.350 e. The van der Waals surface area contributed by atoms with Crippen LogP contribution in [0.3, 0.4) is 0 Å². The Balaban J connectivity index is 1.38. The normalized spacial score (nSPS) is 13.1. The summed E-state index contributed by atoms with van der Waals surface area (Å²) in [6.45, 7) is 0.851. The molecule has 3 nitrogen and oxygen atoms in total. The van der Waals surface area contributed by atoms with Gasteiger partial charge in [0.1, 0.15) is 5.54 Å². The third-order valence-corrected chi connectivity index (χ3v) is 7.00. The highest BCUT2D eigenvalue weighted by atomic mass is 15.1. The van der Waals surface area contributed by atoms with Crippen LogP contribution in [0.15, 0.2) is 164 Å². The maximum atomic E-state index is 4.84. The highest BCUT2D eigenvalue weighted by Crippen LogP contribution is 2.40. The lowest BCUT2D eigenvalue weighted by Crippen LogP contribution is -2.36. The summed E-state index contributed by atoms with van der Waals surface area (Å²) >= 11 is 0. The van der Waals surface area contributed by atoms with Crippen LogP contribution in [0.4, 0.5) is 0 Å². The van der Waals surface area contributed by atoms with Gasteiger partial charge in [0, 0.05) is 25.1 Å². The predicted molar refractivity (Wildman–Crippen MR) is 155 cm³/mol. The van der Waals surface area contributed by atoms with E-state index in [9.17, 15) is 0 Å². The Bertz CT molecular complexity index is 1450. The molecule has 4 aromatic carbocycles. The minimum atomic E-state index is -0.557. The van der Waals surface area contributed by atoms with Crippen molar-refractivity contribution in [3.8, 4) is 0 Å². The van der Waals surface area contributed by atoms with Crippen LogP contribution >= 0.6 is 0 Å². The first kappa shape index (κ1) is 23.5. The molecule has 0 fully saturated rings. The Morgan fingerprint density at radius 1 is 0.605 bits per heavy atom. The Kier molecular flexibility index (Phi) is 6.57. The molecule has 0 aliphatic carbocycles. The second-order valence-corrected chi connectivity index (χ2v) is 9.45. The van der Waals surface area contributed by atoms with Crippen molar-refractivity contribution in [2.45, 2.75) is 12.1 Å². The van der Waals surface area contributed by atoms with Crippen LogP contribution in [0.25, 0.3) is 6.08 Å². The summed E-state index contributed by atoms with van der Waals surface area (Å²) < 4.78 is 2.25. The van der Waals surface area contributed by atoms with E-state index in [1.165, 1.54) is 22.3 Å². The van der Waals surface area contributed by atoms with E-state index in [1.54, 1.807) is 0 Å². The number of rotatable bonds is 7. The van der Waals surface area contributed by atoms with Gasteiger partial charge in [0.25, 0.3) is 0 Å². The smallest absolute Gasteiger partial charge is 0.121 e. The highest BCUT2D eigenvalue weighted by molar-refractivity contribution is 5.58. The minimum Gasteiger partial charge on any atom is -0.350 e. The summed E-state index contributed by atoms with van der Waals surface area (Å²) in [6, 6.07) is 42.5. The Hall–Kier alpha value is -4.89. The maximum Gasteiger partial charge on any atom is 0.121 e. The zero-order chi connectivity index (χ0) is 25.6. The quantitative estimate of drug-likeness (QED) is 0.218. The summed E-state index contributed by atoms with van der Waals surface area (Å²) in [4.78, 5) is 7.04. The molecule has 5 aromatic rings. The van der Waals surface area contributed by atoms with Crippen LogP contribution in [-0.2, 0) is 12.1 Å². The van der Waals surface area contributed by atoms with Gasteiger partial charge in [0.2, 0.25) is 0 Å². The number of allylic oxidation sites excluding steroid dienone is 3. The molecule has 1 aliphatic heterocycles. The van der Waals surface area contributed by atoms with Crippen molar-refractivity contribution in [2.75, 3.05) is 0 Å². The number of hydrogen-bond donors (Lipinski definition) is 0. The summed E-state index contributed by atoms with van der Waals surface area (Å²) in [6.07, 6.45) is 14.8. The summed E-state index contributed by atoms with van der Waals surface area (Å²) in [7, 11) is 0. The predicted octanol–water partition coefficient (Wildman–Crippen LogP) is 7.65. The van der Waals surface area contributed by atoms with Crippen molar-refractivity contribution in [1.82, 2.24) is 14.5 Å². The maximum absolute atomic E-state index is 4.84. The second-order valence-electron chi connectivity index (χ2n) is 9.45. The molecule has 1 aromatic heterocycles. The lowest BCUT2D eigenvalue weighted by Gasteiger charge is -2.37. The van der Waals surface area contributed by atoms with Crippen molar-refractivity contribution in [1.29, 1.82) is 0 Å². The molecule has 1 aliphatic rings. The lowest BCUT2D eigenvalue weighted by atomic mass is 9.77. The topological polar surface area (TPSA) is 21.1 Å². The fourth-order valence-electron chi connectivity index (χ4n) is 5.22. The number of aromatic nitrogens is 2. The Morgan fingerprint density at radius 2 is 1.08 bits per heavy atom. The lowest BCUT2D eigenvalue weighted by molar-refractivity contribution is 0.497. The molecular weight excluding hydrogens is 462 g/mol. The van der Waals surface area contributed by atoms with E-state index < -0.39 is 5.54 Å². The fraction of sp³-hybridized carbons (Fsp3) is 0.0571. The van der Waals surface area contributed by atoms with E-state index >= 15 is 0 Å². The average molecular weight is 492 g/mol. The van der Waals surface area contributed by atoms with Gasteiger partial charge in [-0.25, -0.2) is 4.98 Å². The molecule has 0 bridgehead atoms. The molecule has 0 unspecified atom stereocenters. The summed E-state index contributed by atoms with van der Waals surface area (Å²) in [5, 5.41) is 0. The monoisotopic (exact) mass is 491 g/mol. The first-order chi connectivity index (χ1) is 18.8. The Morgan fingerprint density at radius 3 is 1.58 bits per heavy atom. The van der Waals surface area contributed by atoms with E-state index in [0.29, 0.717) is 0 Å². The molecular formula is C35H29N3. The zero-order valence-electron chi connectivity index (χ0n) is 21.1. The van der Waals surface area contributed by atoms with Crippen LogP contribution in [0.5, 0.6) is 0 Å². The van der Waals surface area contributed by atoms with Gasteiger partial charge in [-0.2, -0.15) is 0 Å². The molecule has 0 N–H and O–H groups in total. The number of benzene rings is 4. The van der Waals surface area contributed by atoms with Crippen molar-refractivity contribution in [3.63, 3.8) is 0 Å². The van der Waals surface area contributed by atoms with E-state index in [4.69, 9.17) is 4.98 Å². The van der Waals surface area contributed by atoms with Gasteiger partial charge < -0.3 is 9.47 Å². The van der Waals surface area contributed by atoms with Gasteiger partial charge in [0.15, 0.2) is 0 Å². The zero-order valence-corrected chi connectivity index (χ0v) is 21.1. The van der Waals surface area contributed by atoms with E-state index in [2.05, 4.69) is 162 Å². The molecule has 3 heteroatoms. The molecule has 2 heterocycles. The number of imidazole rings is 1. The number of hydrogen-bond acceptors (Lipinski definition) is 2. The minimum absolute atomic E-state index is 0.557. The first-order valence-electron chi connectivity index (χ1n) is 12.9. The molecule has 0 amide bonds. The average Bonchev–Trinajstić information content (AvgIpc) is 3.45. The van der Waals surface area contributed by atoms with Crippen LogP contribution in [0.1, 0.15) is 27.9 Å². The molecule has 0 saturated heterocycles. The second kappa shape index (κ2) is 10.6. The molecule has 0 saturated carbocycles. The van der Waals surface area contributed by atoms with Crippen LogP contribution in [0, 0.1) is 0 Å². The third kappa shape index (κ3) is 4.62. The summed E-state index contributed by atoms with van der Waals surface area (Å²) in [5.41, 5.74) is 6.31. The van der Waals surface area contributed by atoms with Crippen molar-refractivity contribution in [2.24, 2.45) is 0 Å². The van der Waals surface area contributed by atoms with Crippen LogP contribution in [0.2, 0.25) is 0 Å².